The molecule has 0 unspecified atom stereocenters. The molecule has 0 radical (unpaired) electrons. The smallest absolute Gasteiger partial charge is 0.131 e. The number of fused-ring (bicyclic) bond motifs is 3. The molecule has 0 saturated carbocycles. The highest BCUT2D eigenvalue weighted by Crippen LogP contribution is 2.46. The molecule has 0 aromatic carbocycles. The Kier molecular flexibility index (Phi) is 6.57. The highest BCUT2D eigenvalue weighted by molar-refractivity contribution is 7.31. The van der Waals surface area contributed by atoms with E-state index in [4.69, 9.17) is 21.0 Å². The quantitative estimate of drug-likeness (QED) is 0.202. The predicted molar refractivity (Wildman–Crippen MR) is 151 cm³/mol. The van der Waals surface area contributed by atoms with Gasteiger partial charge in [-0.1, -0.05) is 6.92 Å². The van der Waals surface area contributed by atoms with Gasteiger partial charge in [-0.2, -0.15) is 21.0 Å². The van der Waals surface area contributed by atoms with E-state index in [-0.39, 0.29) is 11.1 Å². The first-order valence-corrected chi connectivity index (χ1v) is 14.1. The molecule has 5 aromatic rings. The second kappa shape index (κ2) is 9.96. The van der Waals surface area contributed by atoms with Crippen LogP contribution in [0.4, 0.5) is 0 Å². The third-order valence-electron chi connectivity index (χ3n) is 5.45. The fourth-order valence-electron chi connectivity index (χ4n) is 3.92. The second-order valence-corrected chi connectivity index (χ2v) is 12.1. The topological polar surface area (TPSA) is 100 Å². The predicted octanol–water partition coefficient (Wildman–Crippen LogP) is 8.65. The van der Waals surface area contributed by atoms with Gasteiger partial charge in [-0.05, 0) is 55.0 Å². The monoisotopic (exact) mass is 537 g/mol. The van der Waals surface area contributed by atoms with Crippen LogP contribution < -0.4 is 0 Å². The van der Waals surface area contributed by atoms with E-state index in [0.29, 0.717) is 0 Å². The summed E-state index contributed by atoms with van der Waals surface area (Å²) in [7, 11) is 0. The molecule has 36 heavy (non-hydrogen) atoms. The summed E-state index contributed by atoms with van der Waals surface area (Å²) >= 11 is 6.68. The van der Waals surface area contributed by atoms with Crippen LogP contribution in [-0.2, 0) is 6.54 Å². The zero-order valence-electron chi connectivity index (χ0n) is 18.9. The van der Waals surface area contributed by atoms with Crippen molar-refractivity contribution >= 4 is 77.9 Å². The zero-order valence-corrected chi connectivity index (χ0v) is 22.2. The van der Waals surface area contributed by atoms with E-state index < -0.39 is 0 Å². The van der Waals surface area contributed by atoms with Crippen molar-refractivity contribution in [1.82, 2.24) is 4.57 Å². The molecule has 5 heterocycles. The zero-order chi connectivity index (χ0) is 25.2. The molecular formula is C27H15N5S4. The number of allylic oxidation sites excluding steroid dienone is 2. The Hall–Kier alpha value is -3.96. The second-order valence-electron chi connectivity index (χ2n) is 7.77. The molecule has 0 aliphatic rings. The van der Waals surface area contributed by atoms with Gasteiger partial charge in [-0.15, -0.1) is 45.3 Å². The molecule has 0 aliphatic carbocycles. The van der Waals surface area contributed by atoms with Crippen LogP contribution in [0.2, 0.25) is 0 Å². The third-order valence-corrected chi connectivity index (χ3v) is 10.3. The summed E-state index contributed by atoms with van der Waals surface area (Å²) < 4.78 is 4.76. The third kappa shape index (κ3) is 4.27. The SMILES string of the molecule is CCCn1c2cc(C=C(C#N)C#N)sc2c2sc(-c3ccc(-c4ccc(C=C(C#N)C#N)s4)s3)cc21. The first-order chi connectivity index (χ1) is 17.6. The molecule has 0 amide bonds. The number of aromatic nitrogens is 1. The Morgan fingerprint density at radius 1 is 0.694 bits per heavy atom. The van der Waals surface area contributed by atoms with Crippen LogP contribution in [0.15, 0.2) is 47.5 Å². The van der Waals surface area contributed by atoms with Gasteiger partial charge < -0.3 is 4.57 Å². The van der Waals surface area contributed by atoms with Gasteiger partial charge in [0.25, 0.3) is 0 Å². The average Bonchev–Trinajstić information content (AvgIpc) is 3.70. The van der Waals surface area contributed by atoms with Crippen LogP contribution in [0.25, 0.3) is 52.1 Å². The Balaban J connectivity index is 1.53. The number of aryl methyl sites for hydroxylation is 1. The van der Waals surface area contributed by atoms with Crippen LogP contribution in [0.3, 0.4) is 0 Å². The van der Waals surface area contributed by atoms with Crippen molar-refractivity contribution in [3.05, 3.63) is 57.3 Å². The number of thiophene rings is 4. The fraction of sp³-hybridized carbons (Fsp3) is 0.111. The molecule has 0 N–H and O–H groups in total. The molecule has 0 saturated heterocycles. The van der Waals surface area contributed by atoms with Crippen molar-refractivity contribution in [3.8, 4) is 43.8 Å². The summed E-state index contributed by atoms with van der Waals surface area (Å²) in [6.45, 7) is 3.06. The fourth-order valence-corrected chi connectivity index (χ4v) is 8.47. The van der Waals surface area contributed by atoms with Crippen molar-refractivity contribution in [2.24, 2.45) is 0 Å². The number of nitrogens with zero attached hydrogens (tertiary/aromatic N) is 5. The molecule has 172 valence electrons. The molecule has 0 aliphatic heterocycles. The first kappa shape index (κ1) is 23.8. The molecule has 9 heteroatoms. The van der Waals surface area contributed by atoms with Crippen molar-refractivity contribution in [2.45, 2.75) is 19.9 Å². The molecule has 0 bridgehead atoms. The average molecular weight is 538 g/mol. The Morgan fingerprint density at radius 2 is 1.25 bits per heavy atom. The lowest BCUT2D eigenvalue weighted by atomic mass is 10.3. The standard InChI is InChI=1S/C27H15N5S4/c1-2-7-32-20-10-19(9-17(14-30)15-31)34-26(20)27-21(32)11-25(36-27)24-6-5-23(35-24)22-4-3-18(33-22)8-16(12-28)13-29/h3-6,8-11H,2,7H2,1H3. The van der Waals surface area contributed by atoms with Gasteiger partial charge in [-0.3, -0.25) is 0 Å². The van der Waals surface area contributed by atoms with Crippen LogP contribution in [0.5, 0.6) is 0 Å². The van der Waals surface area contributed by atoms with Crippen LogP contribution >= 0.6 is 45.3 Å². The van der Waals surface area contributed by atoms with E-state index in [1.54, 1.807) is 57.5 Å². The van der Waals surface area contributed by atoms with E-state index in [2.05, 4.69) is 35.8 Å². The van der Waals surface area contributed by atoms with Crippen molar-refractivity contribution < 1.29 is 0 Å². The minimum Gasteiger partial charge on any atom is -0.339 e. The molecule has 5 nitrogen and oxygen atoms in total. The van der Waals surface area contributed by atoms with Crippen molar-refractivity contribution in [3.63, 3.8) is 0 Å². The van der Waals surface area contributed by atoms with Gasteiger partial charge in [0.1, 0.15) is 35.4 Å². The minimum absolute atomic E-state index is 0.100. The summed E-state index contributed by atoms with van der Waals surface area (Å²) in [5, 5.41) is 36.3. The first-order valence-electron chi connectivity index (χ1n) is 10.9. The number of rotatable bonds is 6. The lowest BCUT2D eigenvalue weighted by Gasteiger charge is -2.02. The highest BCUT2D eigenvalue weighted by Gasteiger charge is 2.18. The number of hydrogen-bond acceptors (Lipinski definition) is 8. The van der Waals surface area contributed by atoms with Gasteiger partial charge in [0.2, 0.25) is 0 Å². The van der Waals surface area contributed by atoms with E-state index in [9.17, 15) is 0 Å². The summed E-state index contributed by atoms with van der Waals surface area (Å²) in [4.78, 5) is 6.44. The van der Waals surface area contributed by atoms with Crippen molar-refractivity contribution in [2.75, 3.05) is 0 Å². The maximum absolute atomic E-state index is 9.13. The van der Waals surface area contributed by atoms with Gasteiger partial charge in [-0.25, -0.2) is 0 Å². The summed E-state index contributed by atoms with van der Waals surface area (Å²) in [5.74, 6) is 0. The molecule has 0 spiro atoms. The summed E-state index contributed by atoms with van der Waals surface area (Å²) in [6, 6.07) is 20.3. The largest absolute Gasteiger partial charge is 0.339 e. The molecule has 0 fully saturated rings. The van der Waals surface area contributed by atoms with Crippen LogP contribution in [0, 0.1) is 45.3 Å². The molecule has 0 atom stereocenters. The number of nitriles is 4. The Morgan fingerprint density at radius 3 is 1.92 bits per heavy atom. The lowest BCUT2D eigenvalue weighted by molar-refractivity contribution is 0.724. The molecule has 5 aromatic heterocycles. The Labute approximate surface area is 223 Å². The minimum atomic E-state index is 0.100. The maximum atomic E-state index is 9.13. The van der Waals surface area contributed by atoms with Gasteiger partial charge in [0.15, 0.2) is 0 Å². The van der Waals surface area contributed by atoms with E-state index >= 15 is 0 Å². The van der Waals surface area contributed by atoms with E-state index in [1.807, 2.05) is 36.4 Å². The van der Waals surface area contributed by atoms with Crippen LogP contribution in [0.1, 0.15) is 23.1 Å². The van der Waals surface area contributed by atoms with Gasteiger partial charge in [0, 0.05) is 35.8 Å². The van der Waals surface area contributed by atoms with Gasteiger partial charge >= 0.3 is 0 Å². The lowest BCUT2D eigenvalue weighted by Crippen LogP contribution is -1.94. The summed E-state index contributed by atoms with van der Waals surface area (Å²) in [5.41, 5.74) is 2.58. The van der Waals surface area contributed by atoms with E-state index in [0.717, 1.165) is 38.0 Å². The molecule has 5 rings (SSSR count). The number of hydrogen-bond donors (Lipinski definition) is 0. The summed E-state index contributed by atoms with van der Waals surface area (Å²) in [6.07, 6.45) is 4.28. The van der Waals surface area contributed by atoms with Gasteiger partial charge in [0.05, 0.1) is 20.4 Å². The molecular weight excluding hydrogens is 523 g/mol. The maximum Gasteiger partial charge on any atom is 0.131 e. The van der Waals surface area contributed by atoms with Crippen LogP contribution in [-0.4, -0.2) is 4.57 Å². The van der Waals surface area contributed by atoms with E-state index in [1.165, 1.54) is 24.7 Å². The van der Waals surface area contributed by atoms with Crippen molar-refractivity contribution in [1.29, 1.82) is 21.0 Å². The Bertz CT molecular complexity index is 1820. The normalized spacial score (nSPS) is 10.5. The highest BCUT2D eigenvalue weighted by atomic mass is 32.1.